The average Bonchev–Trinajstić information content (AvgIpc) is 3.18. The summed E-state index contributed by atoms with van der Waals surface area (Å²) >= 11 is 7.79. The molecule has 3 heterocycles. The average molecular weight is 392 g/mol. The van der Waals surface area contributed by atoms with E-state index in [9.17, 15) is 5.11 Å². The number of H-pyrrole nitrogens is 1. The van der Waals surface area contributed by atoms with Gasteiger partial charge in [-0.15, -0.1) is 11.8 Å². The summed E-state index contributed by atoms with van der Waals surface area (Å²) < 4.78 is 0. The normalized spacial score (nSPS) is 25.3. The van der Waals surface area contributed by atoms with Gasteiger partial charge in [0.05, 0.1) is 23.8 Å². The van der Waals surface area contributed by atoms with Crippen molar-refractivity contribution >= 4 is 35.4 Å². The predicted molar refractivity (Wildman–Crippen MR) is 107 cm³/mol. The van der Waals surface area contributed by atoms with Crippen molar-refractivity contribution in [1.82, 2.24) is 9.88 Å². The standard InChI is InChI=1S/C18H22ClN5OS/c19-13-2-1-3-14(4-13)26-9-12-7-24(8-15(12)25)6-11-5-21-17-16(11)22-10-23-18(17)20/h1-5,10,12,15,18,21,25H,6-9,20H2,(H,22,23). The Morgan fingerprint density at radius 1 is 1.38 bits per heavy atom. The molecule has 1 saturated heterocycles. The Hall–Kier alpha value is -1.51. The number of halogens is 1. The molecule has 3 unspecified atom stereocenters. The van der Waals surface area contributed by atoms with E-state index in [4.69, 9.17) is 17.3 Å². The summed E-state index contributed by atoms with van der Waals surface area (Å²) in [4.78, 5) is 10.8. The van der Waals surface area contributed by atoms with Crippen molar-refractivity contribution < 1.29 is 5.11 Å². The van der Waals surface area contributed by atoms with Gasteiger partial charge in [-0.3, -0.25) is 9.89 Å². The number of aliphatic hydroxyl groups excluding tert-OH is 1. The van der Waals surface area contributed by atoms with Crippen LogP contribution in [0.1, 0.15) is 17.4 Å². The molecule has 0 radical (unpaired) electrons. The summed E-state index contributed by atoms with van der Waals surface area (Å²) in [5.74, 6) is 1.12. The molecule has 3 atom stereocenters. The number of hydrogen-bond donors (Lipinski definition) is 4. The molecule has 0 bridgehead atoms. The van der Waals surface area contributed by atoms with Gasteiger partial charge in [-0.1, -0.05) is 17.7 Å². The molecule has 1 aromatic heterocycles. The molecule has 0 spiro atoms. The highest BCUT2D eigenvalue weighted by molar-refractivity contribution is 7.99. The first kappa shape index (κ1) is 17.9. The van der Waals surface area contributed by atoms with Crippen LogP contribution in [0.2, 0.25) is 5.02 Å². The highest BCUT2D eigenvalue weighted by atomic mass is 35.5. The van der Waals surface area contributed by atoms with E-state index in [2.05, 4.69) is 26.3 Å². The van der Waals surface area contributed by atoms with Gasteiger partial charge in [0.2, 0.25) is 0 Å². The molecule has 0 amide bonds. The fourth-order valence-electron chi connectivity index (χ4n) is 3.50. The van der Waals surface area contributed by atoms with Crippen LogP contribution in [0.5, 0.6) is 0 Å². The van der Waals surface area contributed by atoms with Crippen molar-refractivity contribution in [1.29, 1.82) is 0 Å². The number of aromatic amines is 1. The monoisotopic (exact) mass is 391 g/mol. The van der Waals surface area contributed by atoms with Gasteiger partial charge in [0.25, 0.3) is 0 Å². The van der Waals surface area contributed by atoms with Crippen LogP contribution in [-0.4, -0.2) is 46.3 Å². The Bertz CT molecular complexity index is 811. The van der Waals surface area contributed by atoms with Gasteiger partial charge in [0.15, 0.2) is 0 Å². The molecule has 1 fully saturated rings. The summed E-state index contributed by atoms with van der Waals surface area (Å²) in [6, 6.07) is 7.85. The first-order chi connectivity index (χ1) is 12.6. The summed E-state index contributed by atoms with van der Waals surface area (Å²) in [6.07, 6.45) is 2.97. The number of nitrogens with zero attached hydrogens (tertiary/aromatic N) is 2. The van der Waals surface area contributed by atoms with Crippen LogP contribution in [0.3, 0.4) is 0 Å². The van der Waals surface area contributed by atoms with E-state index in [1.54, 1.807) is 18.1 Å². The number of thioether (sulfide) groups is 1. The number of hydrogen-bond acceptors (Lipinski definition) is 6. The zero-order valence-corrected chi connectivity index (χ0v) is 15.8. The number of nitrogens with two attached hydrogens (primary N) is 1. The van der Waals surface area contributed by atoms with Crippen molar-refractivity contribution in [3.05, 3.63) is 46.7 Å². The highest BCUT2D eigenvalue weighted by Crippen LogP contribution is 2.32. The number of aromatic nitrogens is 1. The number of anilines is 1. The van der Waals surface area contributed by atoms with Crippen molar-refractivity contribution in [3.8, 4) is 0 Å². The van der Waals surface area contributed by atoms with Gasteiger partial charge in [0.1, 0.15) is 6.17 Å². The zero-order valence-electron chi connectivity index (χ0n) is 14.2. The second kappa shape index (κ2) is 7.62. The number of β-amino-alcohol motifs (C(OH)–C–C–N with tert-alkyl or cyclic N) is 1. The minimum Gasteiger partial charge on any atom is -0.391 e. The molecule has 2 aliphatic heterocycles. The molecule has 26 heavy (non-hydrogen) atoms. The number of nitrogens with one attached hydrogen (secondary N) is 2. The number of likely N-dealkylation sites (tertiary alicyclic amines) is 1. The van der Waals surface area contributed by atoms with Gasteiger partial charge in [-0.25, -0.2) is 0 Å². The second-order valence-corrected chi connectivity index (χ2v) is 8.29. The fourth-order valence-corrected chi connectivity index (χ4v) is 4.88. The van der Waals surface area contributed by atoms with Gasteiger partial charge in [0, 0.05) is 53.0 Å². The smallest absolute Gasteiger partial charge is 0.141 e. The zero-order chi connectivity index (χ0) is 18.1. The predicted octanol–water partition coefficient (Wildman–Crippen LogP) is 2.66. The van der Waals surface area contributed by atoms with Gasteiger partial charge in [-0.05, 0) is 18.2 Å². The van der Waals surface area contributed by atoms with Crippen molar-refractivity contribution in [2.45, 2.75) is 23.7 Å². The molecule has 138 valence electrons. The van der Waals surface area contributed by atoms with Crippen molar-refractivity contribution in [3.63, 3.8) is 0 Å². The summed E-state index contributed by atoms with van der Waals surface area (Å²) in [6.45, 7) is 2.32. The number of fused-ring (bicyclic) bond motifs is 1. The SMILES string of the molecule is NC1N=CNc2c(CN3CC(O)C(CSc4cccc(Cl)c4)C3)c[nH]c21. The van der Waals surface area contributed by atoms with E-state index in [-0.39, 0.29) is 18.2 Å². The minimum atomic E-state index is -0.342. The van der Waals surface area contributed by atoms with E-state index in [1.807, 2.05) is 24.4 Å². The van der Waals surface area contributed by atoms with Gasteiger partial charge in [-0.2, -0.15) is 0 Å². The van der Waals surface area contributed by atoms with E-state index in [0.717, 1.165) is 45.7 Å². The van der Waals surface area contributed by atoms with Crippen LogP contribution in [0.4, 0.5) is 5.69 Å². The van der Waals surface area contributed by atoms with Crippen LogP contribution >= 0.6 is 23.4 Å². The summed E-state index contributed by atoms with van der Waals surface area (Å²) in [7, 11) is 0. The molecule has 6 nitrogen and oxygen atoms in total. The molecular weight excluding hydrogens is 370 g/mol. The van der Waals surface area contributed by atoms with Crippen LogP contribution in [0.25, 0.3) is 0 Å². The summed E-state index contributed by atoms with van der Waals surface area (Å²) in [5, 5.41) is 14.4. The highest BCUT2D eigenvalue weighted by Gasteiger charge is 2.32. The summed E-state index contributed by atoms with van der Waals surface area (Å²) in [5.41, 5.74) is 9.06. The Morgan fingerprint density at radius 3 is 3.12 bits per heavy atom. The number of aliphatic imine (C=N–C) groups is 1. The van der Waals surface area contributed by atoms with Crippen LogP contribution in [0.15, 0.2) is 40.4 Å². The molecule has 5 N–H and O–H groups in total. The first-order valence-electron chi connectivity index (χ1n) is 8.63. The third-order valence-corrected chi connectivity index (χ3v) is 6.29. The lowest BCUT2D eigenvalue weighted by Crippen LogP contribution is -2.22. The van der Waals surface area contributed by atoms with Crippen LogP contribution in [0, 0.1) is 5.92 Å². The molecule has 2 aliphatic rings. The Morgan fingerprint density at radius 2 is 2.27 bits per heavy atom. The number of aliphatic hydroxyl groups is 1. The first-order valence-corrected chi connectivity index (χ1v) is 9.99. The van der Waals surface area contributed by atoms with E-state index in [0.29, 0.717) is 6.54 Å². The minimum absolute atomic E-state index is 0.241. The number of rotatable bonds is 5. The quantitative estimate of drug-likeness (QED) is 0.588. The second-order valence-electron chi connectivity index (χ2n) is 6.76. The molecule has 0 aliphatic carbocycles. The van der Waals surface area contributed by atoms with E-state index >= 15 is 0 Å². The Labute approximate surface area is 161 Å². The molecule has 8 heteroatoms. The Balaban J connectivity index is 1.36. The van der Waals surface area contributed by atoms with Gasteiger partial charge >= 0.3 is 0 Å². The molecule has 0 saturated carbocycles. The van der Waals surface area contributed by atoms with Crippen LogP contribution in [-0.2, 0) is 6.54 Å². The maximum Gasteiger partial charge on any atom is 0.141 e. The topological polar surface area (TPSA) is 89.7 Å². The molecule has 4 rings (SSSR count). The van der Waals surface area contributed by atoms with E-state index < -0.39 is 0 Å². The van der Waals surface area contributed by atoms with Crippen molar-refractivity contribution in [2.24, 2.45) is 16.6 Å². The third kappa shape index (κ3) is 3.77. The molecule has 2 aromatic rings. The van der Waals surface area contributed by atoms with Gasteiger partial charge < -0.3 is 21.1 Å². The third-order valence-electron chi connectivity index (χ3n) is 4.87. The van der Waals surface area contributed by atoms with Crippen molar-refractivity contribution in [2.75, 3.05) is 24.2 Å². The lowest BCUT2D eigenvalue weighted by Gasteiger charge is -2.18. The Kier molecular flexibility index (Phi) is 5.24. The number of benzene rings is 1. The fraction of sp³-hybridized carbons (Fsp3) is 0.389. The maximum atomic E-state index is 10.5. The maximum absolute atomic E-state index is 10.5. The largest absolute Gasteiger partial charge is 0.391 e. The molecular formula is C18H22ClN5OS. The lowest BCUT2D eigenvalue weighted by atomic mass is 10.1. The molecule has 1 aromatic carbocycles. The van der Waals surface area contributed by atoms with Crippen LogP contribution < -0.4 is 11.1 Å². The lowest BCUT2D eigenvalue weighted by molar-refractivity contribution is 0.149. The van der Waals surface area contributed by atoms with E-state index in [1.165, 1.54) is 0 Å².